The van der Waals surface area contributed by atoms with Gasteiger partial charge in [-0.25, -0.2) is 4.98 Å². The molecule has 17 heavy (non-hydrogen) atoms. The molecule has 0 N–H and O–H groups in total. The number of ketones is 1. The summed E-state index contributed by atoms with van der Waals surface area (Å²) in [5, 5.41) is 0.334. The molecule has 2 nitrogen and oxygen atoms in total. The van der Waals surface area contributed by atoms with Gasteiger partial charge in [-0.1, -0.05) is 35.4 Å². The molecule has 0 aliphatic heterocycles. The number of hydrogen-bond acceptors (Lipinski definition) is 2. The summed E-state index contributed by atoms with van der Waals surface area (Å²) in [7, 11) is 0. The number of nitrogens with zero attached hydrogens (tertiary/aromatic N) is 1. The van der Waals surface area contributed by atoms with Crippen molar-refractivity contribution >= 4 is 17.4 Å². The first kappa shape index (κ1) is 11.8. The molecule has 3 heteroatoms. The molecule has 0 amide bonds. The van der Waals surface area contributed by atoms with Crippen LogP contribution in [0.4, 0.5) is 0 Å². The average Bonchev–Trinajstić information content (AvgIpc) is 2.31. The topological polar surface area (TPSA) is 30.0 Å². The van der Waals surface area contributed by atoms with E-state index in [1.54, 1.807) is 18.2 Å². The number of aryl methyl sites for hydroxylation is 2. The van der Waals surface area contributed by atoms with Crippen molar-refractivity contribution in [3.8, 4) is 0 Å². The fourth-order valence-corrected chi connectivity index (χ4v) is 1.82. The zero-order chi connectivity index (χ0) is 12.4. The molecule has 0 fully saturated rings. The van der Waals surface area contributed by atoms with Crippen LogP contribution in [0.15, 0.2) is 36.4 Å². The van der Waals surface area contributed by atoms with Gasteiger partial charge in [0.15, 0.2) is 0 Å². The molecule has 0 radical (unpaired) electrons. The number of pyridine rings is 1. The van der Waals surface area contributed by atoms with Crippen LogP contribution in [0.25, 0.3) is 0 Å². The molecule has 0 saturated heterocycles. The molecule has 0 aliphatic carbocycles. The molecule has 0 bridgehead atoms. The Morgan fingerprint density at radius 2 is 1.94 bits per heavy atom. The van der Waals surface area contributed by atoms with Crippen molar-refractivity contribution in [3.05, 3.63) is 63.9 Å². The maximum absolute atomic E-state index is 12.3. The van der Waals surface area contributed by atoms with E-state index in [0.717, 1.165) is 11.1 Å². The van der Waals surface area contributed by atoms with Crippen LogP contribution in [-0.2, 0) is 0 Å². The molecular formula is C14H12ClNO. The highest BCUT2D eigenvalue weighted by molar-refractivity contribution is 6.29. The fraction of sp³-hybridized carbons (Fsp3) is 0.143. The van der Waals surface area contributed by atoms with Crippen molar-refractivity contribution in [2.24, 2.45) is 0 Å². The zero-order valence-corrected chi connectivity index (χ0v) is 10.5. The van der Waals surface area contributed by atoms with E-state index in [2.05, 4.69) is 4.98 Å². The van der Waals surface area contributed by atoms with Gasteiger partial charge in [0.05, 0.1) is 0 Å². The molecule has 0 saturated carbocycles. The van der Waals surface area contributed by atoms with Crippen LogP contribution in [0.1, 0.15) is 27.2 Å². The Kier molecular flexibility index (Phi) is 3.25. The number of benzene rings is 1. The Morgan fingerprint density at radius 1 is 1.18 bits per heavy atom. The van der Waals surface area contributed by atoms with Crippen LogP contribution < -0.4 is 0 Å². The molecule has 86 valence electrons. The number of carbonyl (C=O) groups excluding carboxylic acids is 1. The third-order valence-electron chi connectivity index (χ3n) is 2.59. The van der Waals surface area contributed by atoms with E-state index in [1.807, 2.05) is 32.0 Å². The van der Waals surface area contributed by atoms with Gasteiger partial charge in [0.2, 0.25) is 5.78 Å². The lowest BCUT2D eigenvalue weighted by Gasteiger charge is -2.05. The molecule has 0 unspecified atom stereocenters. The maximum Gasteiger partial charge on any atom is 0.211 e. The Labute approximate surface area is 105 Å². The zero-order valence-electron chi connectivity index (χ0n) is 9.70. The predicted molar refractivity (Wildman–Crippen MR) is 68.6 cm³/mol. The normalized spacial score (nSPS) is 10.3. The number of hydrogen-bond donors (Lipinski definition) is 0. The van der Waals surface area contributed by atoms with Gasteiger partial charge in [0.1, 0.15) is 10.8 Å². The van der Waals surface area contributed by atoms with Crippen molar-refractivity contribution in [2.75, 3.05) is 0 Å². The van der Waals surface area contributed by atoms with Crippen LogP contribution >= 0.6 is 11.6 Å². The number of halogens is 1. The first-order valence-corrected chi connectivity index (χ1v) is 5.70. The summed E-state index contributed by atoms with van der Waals surface area (Å²) in [6.07, 6.45) is 0. The lowest BCUT2D eigenvalue weighted by atomic mass is 10.00. The monoisotopic (exact) mass is 245 g/mol. The molecule has 2 aromatic rings. The second-order valence-electron chi connectivity index (χ2n) is 3.99. The Morgan fingerprint density at radius 3 is 2.65 bits per heavy atom. The first-order chi connectivity index (χ1) is 8.08. The Balaban J connectivity index is 2.47. The largest absolute Gasteiger partial charge is 0.287 e. The van der Waals surface area contributed by atoms with Crippen LogP contribution in [0.5, 0.6) is 0 Å². The van der Waals surface area contributed by atoms with E-state index < -0.39 is 0 Å². The van der Waals surface area contributed by atoms with E-state index in [0.29, 0.717) is 16.4 Å². The standard InChI is InChI=1S/C14H12ClNO/c1-9-6-7-10(2)11(8-9)14(17)12-4-3-5-13(15)16-12/h3-8H,1-2H3. The van der Waals surface area contributed by atoms with Crippen LogP contribution in [0.3, 0.4) is 0 Å². The number of rotatable bonds is 2. The van der Waals surface area contributed by atoms with Crippen LogP contribution in [0.2, 0.25) is 5.15 Å². The van der Waals surface area contributed by atoms with Gasteiger partial charge >= 0.3 is 0 Å². The van der Waals surface area contributed by atoms with E-state index in [-0.39, 0.29) is 5.78 Å². The van der Waals surface area contributed by atoms with Crippen molar-refractivity contribution in [3.63, 3.8) is 0 Å². The highest BCUT2D eigenvalue weighted by Crippen LogP contribution is 2.16. The minimum absolute atomic E-state index is 0.0892. The van der Waals surface area contributed by atoms with Crippen molar-refractivity contribution in [1.29, 1.82) is 0 Å². The van der Waals surface area contributed by atoms with Gasteiger partial charge in [0, 0.05) is 5.56 Å². The van der Waals surface area contributed by atoms with Crippen molar-refractivity contribution in [2.45, 2.75) is 13.8 Å². The maximum atomic E-state index is 12.3. The molecule has 2 rings (SSSR count). The van der Waals surface area contributed by atoms with Gasteiger partial charge < -0.3 is 0 Å². The predicted octanol–water partition coefficient (Wildman–Crippen LogP) is 3.58. The van der Waals surface area contributed by atoms with Gasteiger partial charge in [-0.05, 0) is 37.6 Å². The summed E-state index contributed by atoms with van der Waals surface area (Å²) < 4.78 is 0. The molecular weight excluding hydrogens is 234 g/mol. The summed E-state index contributed by atoms with van der Waals surface area (Å²) in [6.45, 7) is 3.87. The smallest absolute Gasteiger partial charge is 0.211 e. The van der Waals surface area contributed by atoms with Crippen LogP contribution in [-0.4, -0.2) is 10.8 Å². The Bertz CT molecular complexity index is 578. The average molecular weight is 246 g/mol. The highest BCUT2D eigenvalue weighted by atomic mass is 35.5. The van der Waals surface area contributed by atoms with Gasteiger partial charge in [-0.2, -0.15) is 0 Å². The SMILES string of the molecule is Cc1ccc(C)c(C(=O)c2cccc(Cl)n2)c1. The second-order valence-corrected chi connectivity index (χ2v) is 4.38. The summed E-state index contributed by atoms with van der Waals surface area (Å²) in [5.74, 6) is -0.0892. The van der Waals surface area contributed by atoms with Gasteiger partial charge in [0.25, 0.3) is 0 Å². The quantitative estimate of drug-likeness (QED) is 0.598. The van der Waals surface area contributed by atoms with E-state index >= 15 is 0 Å². The minimum Gasteiger partial charge on any atom is -0.287 e. The first-order valence-electron chi connectivity index (χ1n) is 5.32. The lowest BCUT2D eigenvalue weighted by molar-refractivity contribution is 0.103. The number of aromatic nitrogens is 1. The van der Waals surface area contributed by atoms with Crippen molar-refractivity contribution < 1.29 is 4.79 Å². The molecule has 1 aromatic carbocycles. The Hall–Kier alpha value is -1.67. The van der Waals surface area contributed by atoms with E-state index in [1.165, 1.54) is 0 Å². The van der Waals surface area contributed by atoms with Gasteiger partial charge in [-0.15, -0.1) is 0 Å². The molecule has 0 spiro atoms. The molecule has 1 aromatic heterocycles. The molecule has 0 atom stereocenters. The molecule has 0 aliphatic rings. The lowest BCUT2D eigenvalue weighted by Crippen LogP contribution is -2.06. The van der Waals surface area contributed by atoms with E-state index in [9.17, 15) is 4.79 Å². The highest BCUT2D eigenvalue weighted by Gasteiger charge is 2.13. The molecule has 1 heterocycles. The minimum atomic E-state index is -0.0892. The second kappa shape index (κ2) is 4.68. The van der Waals surface area contributed by atoms with Gasteiger partial charge in [-0.3, -0.25) is 4.79 Å². The third-order valence-corrected chi connectivity index (χ3v) is 2.80. The summed E-state index contributed by atoms with van der Waals surface area (Å²) in [5.41, 5.74) is 3.06. The third kappa shape index (κ3) is 2.53. The summed E-state index contributed by atoms with van der Waals surface area (Å²) in [6, 6.07) is 10.9. The fourth-order valence-electron chi connectivity index (χ4n) is 1.65. The van der Waals surface area contributed by atoms with E-state index in [4.69, 9.17) is 11.6 Å². The summed E-state index contributed by atoms with van der Waals surface area (Å²) in [4.78, 5) is 16.3. The number of carbonyl (C=O) groups is 1. The van der Waals surface area contributed by atoms with Crippen molar-refractivity contribution in [1.82, 2.24) is 4.98 Å². The van der Waals surface area contributed by atoms with Crippen LogP contribution in [0, 0.1) is 13.8 Å². The summed E-state index contributed by atoms with van der Waals surface area (Å²) >= 11 is 5.78.